The molecule has 0 unspecified atom stereocenters. The molecule has 0 bridgehead atoms. The van der Waals surface area contributed by atoms with E-state index in [1.165, 1.54) is 50.4 Å². The number of anilines is 2. The molecule has 0 aromatic heterocycles. The molecule has 0 aliphatic carbocycles. The molecule has 9 nitrogen and oxygen atoms in total. The molecule has 1 amide bonds. The van der Waals surface area contributed by atoms with Gasteiger partial charge in [0.15, 0.2) is 0 Å². The van der Waals surface area contributed by atoms with E-state index in [1.807, 2.05) is 0 Å². The first-order valence-electron chi connectivity index (χ1n) is 9.69. The zero-order valence-electron chi connectivity index (χ0n) is 18.0. The molecular formula is C22H19Cl2N3O6S. The molecule has 3 rings (SSSR count). The lowest BCUT2D eigenvalue weighted by Gasteiger charge is -2.26. The van der Waals surface area contributed by atoms with Crippen LogP contribution in [0.25, 0.3) is 0 Å². The minimum absolute atomic E-state index is 0.0144. The standard InChI is InChI=1S/C22H19Cl2N3O6S/c1-14-6-8-18(12-19(14)27(29)30)34(31,32)26(20-11-16(24)7-9-21(20)33-2)13-22(28)25-17-5-3-4-15(23)10-17/h3-12H,13H2,1-2H3,(H,25,28). The first-order chi connectivity index (χ1) is 16.0. The van der Waals surface area contributed by atoms with E-state index in [0.717, 1.165) is 10.4 Å². The summed E-state index contributed by atoms with van der Waals surface area (Å²) < 4.78 is 33.4. The van der Waals surface area contributed by atoms with Crippen LogP contribution in [0.5, 0.6) is 5.75 Å². The largest absolute Gasteiger partial charge is 0.495 e. The number of nitro groups is 1. The highest BCUT2D eigenvalue weighted by atomic mass is 35.5. The molecule has 0 fully saturated rings. The summed E-state index contributed by atoms with van der Waals surface area (Å²) >= 11 is 12.1. The molecule has 1 N–H and O–H groups in total. The average molecular weight is 524 g/mol. The Labute approximate surface area is 206 Å². The minimum atomic E-state index is -4.47. The Morgan fingerprint density at radius 1 is 1.09 bits per heavy atom. The number of hydrogen-bond acceptors (Lipinski definition) is 6. The Bertz CT molecular complexity index is 1360. The number of amides is 1. The van der Waals surface area contributed by atoms with E-state index in [0.29, 0.717) is 10.7 Å². The van der Waals surface area contributed by atoms with Crippen molar-refractivity contribution in [3.8, 4) is 5.75 Å². The van der Waals surface area contributed by atoms with E-state index >= 15 is 0 Å². The van der Waals surface area contributed by atoms with Crippen LogP contribution in [0.15, 0.2) is 65.6 Å². The van der Waals surface area contributed by atoms with E-state index in [4.69, 9.17) is 27.9 Å². The number of hydrogen-bond donors (Lipinski definition) is 1. The molecule has 0 saturated carbocycles. The van der Waals surface area contributed by atoms with Crippen molar-refractivity contribution in [2.45, 2.75) is 11.8 Å². The molecule has 0 spiro atoms. The van der Waals surface area contributed by atoms with Crippen molar-refractivity contribution in [1.82, 2.24) is 0 Å². The molecule has 0 heterocycles. The average Bonchev–Trinajstić information content (AvgIpc) is 2.77. The maximum Gasteiger partial charge on any atom is 0.273 e. The van der Waals surface area contributed by atoms with Crippen molar-refractivity contribution in [3.63, 3.8) is 0 Å². The number of aryl methyl sites for hydroxylation is 1. The second kappa shape index (κ2) is 10.3. The number of rotatable bonds is 8. The van der Waals surface area contributed by atoms with Gasteiger partial charge in [0.2, 0.25) is 5.91 Å². The van der Waals surface area contributed by atoms with Crippen molar-refractivity contribution in [2.24, 2.45) is 0 Å². The lowest BCUT2D eigenvalue weighted by molar-refractivity contribution is -0.385. The van der Waals surface area contributed by atoms with Crippen LogP contribution in [0.1, 0.15) is 5.56 Å². The highest BCUT2D eigenvalue weighted by Gasteiger charge is 2.31. The first-order valence-corrected chi connectivity index (χ1v) is 11.9. The summed E-state index contributed by atoms with van der Waals surface area (Å²) in [6.07, 6.45) is 0. The van der Waals surface area contributed by atoms with Crippen LogP contribution in [0.2, 0.25) is 10.0 Å². The number of sulfonamides is 1. The lowest BCUT2D eigenvalue weighted by atomic mass is 10.2. The maximum atomic E-state index is 13.6. The van der Waals surface area contributed by atoms with Gasteiger partial charge in [0, 0.05) is 27.4 Å². The minimum Gasteiger partial charge on any atom is -0.495 e. The fourth-order valence-electron chi connectivity index (χ4n) is 3.13. The normalized spacial score (nSPS) is 11.1. The Morgan fingerprint density at radius 2 is 1.79 bits per heavy atom. The van der Waals surface area contributed by atoms with Crippen molar-refractivity contribution >= 4 is 56.2 Å². The van der Waals surface area contributed by atoms with E-state index in [2.05, 4.69) is 5.32 Å². The summed E-state index contributed by atoms with van der Waals surface area (Å²) in [7, 11) is -3.13. The van der Waals surface area contributed by atoms with Crippen molar-refractivity contribution < 1.29 is 22.9 Å². The van der Waals surface area contributed by atoms with Crippen LogP contribution in [0.3, 0.4) is 0 Å². The van der Waals surface area contributed by atoms with Gasteiger partial charge in [0.25, 0.3) is 15.7 Å². The number of halogens is 2. The zero-order chi connectivity index (χ0) is 25.0. The molecule has 34 heavy (non-hydrogen) atoms. The molecule has 12 heteroatoms. The summed E-state index contributed by atoms with van der Waals surface area (Å²) in [5.41, 5.74) is 0.260. The monoisotopic (exact) mass is 523 g/mol. The molecule has 3 aromatic rings. The van der Waals surface area contributed by atoms with Crippen molar-refractivity contribution in [3.05, 3.63) is 86.4 Å². The van der Waals surface area contributed by atoms with Crippen LogP contribution in [0, 0.1) is 17.0 Å². The van der Waals surface area contributed by atoms with Crippen LogP contribution >= 0.6 is 23.2 Å². The van der Waals surface area contributed by atoms with Gasteiger partial charge in [-0.25, -0.2) is 8.42 Å². The Kier molecular flexibility index (Phi) is 7.65. The van der Waals surface area contributed by atoms with Crippen LogP contribution < -0.4 is 14.4 Å². The highest BCUT2D eigenvalue weighted by Crippen LogP contribution is 2.35. The van der Waals surface area contributed by atoms with E-state index in [-0.39, 0.29) is 32.6 Å². The topological polar surface area (TPSA) is 119 Å². The molecular weight excluding hydrogens is 505 g/mol. The quantitative estimate of drug-likeness (QED) is 0.325. The van der Waals surface area contributed by atoms with Crippen molar-refractivity contribution in [2.75, 3.05) is 23.3 Å². The molecule has 0 atom stereocenters. The molecule has 0 aliphatic heterocycles. The van der Waals surface area contributed by atoms with Gasteiger partial charge in [0.05, 0.1) is 22.6 Å². The SMILES string of the molecule is COc1ccc(Cl)cc1N(CC(=O)Nc1cccc(Cl)c1)S(=O)(=O)c1ccc(C)c([N+](=O)[O-])c1. The van der Waals surface area contributed by atoms with E-state index in [9.17, 15) is 23.3 Å². The number of benzene rings is 3. The van der Waals surface area contributed by atoms with Gasteiger partial charge in [0.1, 0.15) is 12.3 Å². The van der Waals surface area contributed by atoms with Crippen LogP contribution in [-0.4, -0.2) is 32.9 Å². The number of nitro benzene ring substituents is 1. The van der Waals surface area contributed by atoms with Gasteiger partial charge in [-0.3, -0.25) is 19.2 Å². The highest BCUT2D eigenvalue weighted by molar-refractivity contribution is 7.92. The summed E-state index contributed by atoms with van der Waals surface area (Å²) in [5, 5.41) is 14.5. The molecule has 0 aliphatic rings. The van der Waals surface area contributed by atoms with Gasteiger partial charge in [-0.2, -0.15) is 0 Å². The smallest absolute Gasteiger partial charge is 0.273 e. The fourth-order valence-corrected chi connectivity index (χ4v) is 4.93. The molecule has 3 aromatic carbocycles. The second-order valence-electron chi connectivity index (χ2n) is 7.09. The Hall–Kier alpha value is -3.34. The van der Waals surface area contributed by atoms with E-state index < -0.39 is 27.4 Å². The van der Waals surface area contributed by atoms with Gasteiger partial charge in [-0.05, 0) is 49.4 Å². The first kappa shape index (κ1) is 25.3. The number of ether oxygens (including phenoxy) is 1. The summed E-state index contributed by atoms with van der Waals surface area (Å²) in [6, 6.07) is 14.1. The molecule has 0 saturated heterocycles. The predicted octanol–water partition coefficient (Wildman–Crippen LogP) is 5.05. The number of nitrogens with zero attached hydrogens (tertiary/aromatic N) is 2. The van der Waals surface area contributed by atoms with Gasteiger partial charge < -0.3 is 10.1 Å². The zero-order valence-corrected chi connectivity index (χ0v) is 20.3. The van der Waals surface area contributed by atoms with Crippen LogP contribution in [0.4, 0.5) is 17.1 Å². The number of carbonyl (C=O) groups excluding carboxylic acids is 1. The number of carbonyl (C=O) groups is 1. The summed E-state index contributed by atoms with van der Waals surface area (Å²) in [6.45, 7) is 0.817. The summed E-state index contributed by atoms with van der Waals surface area (Å²) in [4.78, 5) is 23.2. The van der Waals surface area contributed by atoms with Crippen LogP contribution in [-0.2, 0) is 14.8 Å². The third-order valence-electron chi connectivity index (χ3n) is 4.77. The lowest BCUT2D eigenvalue weighted by Crippen LogP contribution is -2.38. The predicted molar refractivity (Wildman–Crippen MR) is 130 cm³/mol. The number of nitrogens with one attached hydrogen (secondary N) is 1. The van der Waals surface area contributed by atoms with Gasteiger partial charge in [-0.1, -0.05) is 35.3 Å². The maximum absolute atomic E-state index is 13.6. The molecule has 178 valence electrons. The van der Waals surface area contributed by atoms with Crippen molar-refractivity contribution in [1.29, 1.82) is 0 Å². The number of methoxy groups -OCH3 is 1. The summed E-state index contributed by atoms with van der Waals surface area (Å²) in [5.74, 6) is -0.556. The fraction of sp³-hybridized carbons (Fsp3) is 0.136. The van der Waals surface area contributed by atoms with Gasteiger partial charge >= 0.3 is 0 Å². The molecule has 0 radical (unpaired) electrons. The van der Waals surface area contributed by atoms with E-state index in [1.54, 1.807) is 18.2 Å². The Morgan fingerprint density at radius 3 is 2.44 bits per heavy atom. The van der Waals surface area contributed by atoms with Gasteiger partial charge in [-0.15, -0.1) is 0 Å². The second-order valence-corrected chi connectivity index (χ2v) is 9.83. The third-order valence-corrected chi connectivity index (χ3v) is 7.00. The third kappa shape index (κ3) is 5.58. The Balaban J connectivity index is 2.10.